The van der Waals surface area contributed by atoms with Crippen LogP contribution in [0.5, 0.6) is 0 Å². The first-order valence-electron chi connectivity index (χ1n) is 3.99. The molecule has 1 atom stereocenters. The van der Waals surface area contributed by atoms with Crippen LogP contribution in [-0.2, 0) is 11.3 Å². The third-order valence-corrected chi connectivity index (χ3v) is 2.26. The molecular formula is C9H10N2O. The first-order chi connectivity index (χ1) is 5.79. The van der Waals surface area contributed by atoms with Crippen molar-refractivity contribution in [3.05, 3.63) is 29.6 Å². The van der Waals surface area contributed by atoms with E-state index in [0.717, 1.165) is 5.56 Å². The zero-order chi connectivity index (χ0) is 8.55. The third-order valence-electron chi connectivity index (χ3n) is 2.26. The van der Waals surface area contributed by atoms with E-state index in [9.17, 15) is 4.79 Å². The van der Waals surface area contributed by atoms with Crippen molar-refractivity contribution in [1.29, 1.82) is 0 Å². The number of aromatic nitrogens is 1. The summed E-state index contributed by atoms with van der Waals surface area (Å²) in [6, 6.07) is 1.95. The maximum Gasteiger partial charge on any atom is 0.227 e. The lowest BCUT2D eigenvalue weighted by Gasteiger charge is -2.21. The average Bonchev–Trinajstić information content (AvgIpc) is 2.12. The van der Waals surface area contributed by atoms with Crippen molar-refractivity contribution in [3.63, 3.8) is 0 Å². The maximum atomic E-state index is 11.2. The quantitative estimate of drug-likeness (QED) is 0.613. The van der Waals surface area contributed by atoms with E-state index in [4.69, 9.17) is 0 Å². The summed E-state index contributed by atoms with van der Waals surface area (Å²) in [6.45, 7) is 2.54. The molecule has 0 fully saturated rings. The Kier molecular flexibility index (Phi) is 1.57. The number of hydrogen-bond donors (Lipinski definition) is 1. The summed E-state index contributed by atoms with van der Waals surface area (Å²) in [5.74, 6) is 0.0398. The van der Waals surface area contributed by atoms with Gasteiger partial charge in [-0.3, -0.25) is 9.78 Å². The molecule has 0 aliphatic carbocycles. The molecule has 3 nitrogen and oxygen atoms in total. The van der Waals surface area contributed by atoms with Gasteiger partial charge in [0.05, 0.1) is 5.92 Å². The molecule has 12 heavy (non-hydrogen) atoms. The number of carbonyl (C=O) groups is 1. The largest absolute Gasteiger partial charge is 0.351 e. The van der Waals surface area contributed by atoms with Crippen molar-refractivity contribution in [1.82, 2.24) is 10.3 Å². The molecule has 1 aliphatic rings. The fourth-order valence-electron chi connectivity index (χ4n) is 1.46. The lowest BCUT2D eigenvalue weighted by Crippen LogP contribution is -2.33. The van der Waals surface area contributed by atoms with Gasteiger partial charge in [0.2, 0.25) is 5.91 Å². The van der Waals surface area contributed by atoms with E-state index in [1.165, 1.54) is 5.56 Å². The van der Waals surface area contributed by atoms with Gasteiger partial charge in [-0.2, -0.15) is 0 Å². The van der Waals surface area contributed by atoms with Crippen molar-refractivity contribution in [2.45, 2.75) is 19.4 Å². The van der Waals surface area contributed by atoms with Crippen LogP contribution in [0.1, 0.15) is 24.0 Å². The topological polar surface area (TPSA) is 42.0 Å². The normalized spacial score (nSPS) is 21.4. The van der Waals surface area contributed by atoms with Gasteiger partial charge in [0.25, 0.3) is 0 Å². The predicted octanol–water partition coefficient (Wildman–Crippen LogP) is 0.815. The smallest absolute Gasteiger partial charge is 0.227 e. The monoisotopic (exact) mass is 162 g/mol. The highest BCUT2D eigenvalue weighted by molar-refractivity contribution is 5.85. The van der Waals surface area contributed by atoms with Crippen molar-refractivity contribution in [2.24, 2.45) is 0 Å². The van der Waals surface area contributed by atoms with Crippen LogP contribution in [0.3, 0.4) is 0 Å². The van der Waals surface area contributed by atoms with Crippen molar-refractivity contribution < 1.29 is 4.79 Å². The molecule has 2 rings (SSSR count). The summed E-state index contributed by atoms with van der Waals surface area (Å²) in [4.78, 5) is 15.2. The molecule has 1 N–H and O–H groups in total. The molecular weight excluding hydrogens is 152 g/mol. The molecule has 1 aromatic heterocycles. The van der Waals surface area contributed by atoms with Crippen LogP contribution in [0.4, 0.5) is 0 Å². The Morgan fingerprint density at radius 2 is 2.50 bits per heavy atom. The molecule has 0 aromatic carbocycles. The van der Waals surface area contributed by atoms with E-state index in [2.05, 4.69) is 10.3 Å². The van der Waals surface area contributed by atoms with Crippen LogP contribution in [0.15, 0.2) is 18.5 Å². The van der Waals surface area contributed by atoms with Crippen LogP contribution in [-0.4, -0.2) is 10.9 Å². The average molecular weight is 162 g/mol. The van der Waals surface area contributed by atoms with Gasteiger partial charge in [0, 0.05) is 18.9 Å². The van der Waals surface area contributed by atoms with Crippen molar-refractivity contribution in [2.75, 3.05) is 0 Å². The molecule has 1 aromatic rings. The van der Waals surface area contributed by atoms with Gasteiger partial charge in [-0.15, -0.1) is 0 Å². The third kappa shape index (κ3) is 0.978. The van der Waals surface area contributed by atoms with E-state index in [0.29, 0.717) is 6.54 Å². The number of pyridine rings is 1. The molecule has 0 radical (unpaired) electrons. The Morgan fingerprint density at radius 1 is 1.67 bits per heavy atom. The standard InChI is InChI=1S/C9H10N2O/c1-6-8-5-10-3-2-7(8)4-11-9(6)12/h2-3,5-6H,4H2,1H3,(H,11,12). The highest BCUT2D eigenvalue weighted by atomic mass is 16.1. The molecule has 0 spiro atoms. The fourth-order valence-corrected chi connectivity index (χ4v) is 1.46. The van der Waals surface area contributed by atoms with Crippen LogP contribution < -0.4 is 5.32 Å². The molecule has 1 amide bonds. The summed E-state index contributed by atoms with van der Waals surface area (Å²) in [5.41, 5.74) is 2.23. The van der Waals surface area contributed by atoms with Gasteiger partial charge in [-0.25, -0.2) is 0 Å². The fraction of sp³-hybridized carbons (Fsp3) is 0.333. The van der Waals surface area contributed by atoms with Gasteiger partial charge in [0.1, 0.15) is 0 Å². The lowest BCUT2D eigenvalue weighted by molar-refractivity contribution is -0.122. The van der Waals surface area contributed by atoms with E-state index in [-0.39, 0.29) is 11.8 Å². The number of carbonyl (C=O) groups excluding carboxylic acids is 1. The second-order valence-corrected chi connectivity index (χ2v) is 3.01. The number of hydrogen-bond acceptors (Lipinski definition) is 2. The molecule has 1 unspecified atom stereocenters. The summed E-state index contributed by atoms with van der Waals surface area (Å²) < 4.78 is 0. The minimum Gasteiger partial charge on any atom is -0.351 e. The van der Waals surface area contributed by atoms with E-state index in [1.54, 1.807) is 12.4 Å². The van der Waals surface area contributed by atoms with Gasteiger partial charge in [-0.1, -0.05) is 0 Å². The van der Waals surface area contributed by atoms with Crippen LogP contribution >= 0.6 is 0 Å². The Balaban J connectivity index is 2.48. The number of rotatable bonds is 0. The van der Waals surface area contributed by atoms with Gasteiger partial charge in [0.15, 0.2) is 0 Å². The zero-order valence-electron chi connectivity index (χ0n) is 6.87. The Bertz CT molecular complexity index is 322. The van der Waals surface area contributed by atoms with Crippen molar-refractivity contribution in [3.8, 4) is 0 Å². The second kappa shape index (κ2) is 2.59. The maximum absolute atomic E-state index is 11.2. The number of nitrogens with zero attached hydrogens (tertiary/aromatic N) is 1. The van der Waals surface area contributed by atoms with Crippen LogP contribution in [0.25, 0.3) is 0 Å². The van der Waals surface area contributed by atoms with E-state index >= 15 is 0 Å². The molecule has 62 valence electrons. The number of nitrogens with one attached hydrogen (secondary N) is 1. The van der Waals surface area contributed by atoms with E-state index in [1.807, 2.05) is 13.0 Å². The molecule has 1 aliphatic heterocycles. The van der Waals surface area contributed by atoms with E-state index < -0.39 is 0 Å². The van der Waals surface area contributed by atoms with Gasteiger partial charge < -0.3 is 5.32 Å². The first kappa shape index (κ1) is 7.28. The SMILES string of the molecule is CC1C(=O)NCc2ccncc21. The minimum atomic E-state index is -0.0533. The molecule has 0 bridgehead atoms. The second-order valence-electron chi connectivity index (χ2n) is 3.01. The Morgan fingerprint density at radius 3 is 3.33 bits per heavy atom. The molecule has 0 saturated carbocycles. The van der Waals surface area contributed by atoms with Gasteiger partial charge in [-0.05, 0) is 24.1 Å². The Hall–Kier alpha value is -1.38. The molecule has 0 saturated heterocycles. The lowest BCUT2D eigenvalue weighted by atomic mass is 9.94. The summed E-state index contributed by atoms with van der Waals surface area (Å²) in [5, 5.41) is 2.82. The molecule has 2 heterocycles. The minimum absolute atomic E-state index is 0.0533. The number of amides is 1. The highest BCUT2D eigenvalue weighted by Gasteiger charge is 2.22. The highest BCUT2D eigenvalue weighted by Crippen LogP contribution is 2.22. The zero-order valence-corrected chi connectivity index (χ0v) is 6.87. The van der Waals surface area contributed by atoms with Crippen molar-refractivity contribution >= 4 is 5.91 Å². The predicted molar refractivity (Wildman–Crippen MR) is 44.5 cm³/mol. The Labute approximate surface area is 70.8 Å². The molecule has 3 heteroatoms. The van der Waals surface area contributed by atoms with Gasteiger partial charge >= 0.3 is 0 Å². The summed E-state index contributed by atoms with van der Waals surface area (Å²) in [6.07, 6.45) is 3.53. The summed E-state index contributed by atoms with van der Waals surface area (Å²) in [7, 11) is 0. The van der Waals surface area contributed by atoms with Crippen LogP contribution in [0.2, 0.25) is 0 Å². The van der Waals surface area contributed by atoms with Crippen LogP contribution in [0, 0.1) is 0 Å². The first-order valence-corrected chi connectivity index (χ1v) is 3.99. The summed E-state index contributed by atoms with van der Waals surface area (Å²) >= 11 is 0. The number of fused-ring (bicyclic) bond motifs is 1.